The Hall–Kier alpha value is -6.24. The summed E-state index contributed by atoms with van der Waals surface area (Å²) in [5.74, 6) is -2.08. The highest BCUT2D eigenvalue weighted by atomic mass is 32.2. The molecule has 0 spiro atoms. The molecule has 5 aromatic rings. The Morgan fingerprint density at radius 3 is 1.51 bits per heavy atom. The van der Waals surface area contributed by atoms with E-state index in [1.54, 1.807) is 0 Å². The first kappa shape index (κ1) is 45.8. The number of hydrogen-bond acceptors (Lipinski definition) is 7. The minimum absolute atomic E-state index is 0.0664. The van der Waals surface area contributed by atoms with Crippen molar-refractivity contribution in [3.05, 3.63) is 168 Å². The highest BCUT2D eigenvalue weighted by Crippen LogP contribution is 2.19. The molecule has 0 radical (unpaired) electrons. The quantitative estimate of drug-likeness (QED) is 0.0550. The van der Waals surface area contributed by atoms with Gasteiger partial charge in [0.2, 0.25) is 29.5 Å². The van der Waals surface area contributed by atoms with Crippen molar-refractivity contribution < 1.29 is 24.0 Å². The molecule has 5 aromatic carbocycles. The maximum atomic E-state index is 14.2. The van der Waals surface area contributed by atoms with E-state index in [-0.39, 0.29) is 49.8 Å². The molecule has 0 fully saturated rings. The normalized spacial score (nSPS) is 12.8. The summed E-state index contributed by atoms with van der Waals surface area (Å²) >= 11 is 1.39. The molecule has 318 valence electrons. The molecule has 0 aliphatic rings. The number of nitrogens with one attached hydrogen (secondary N) is 5. The van der Waals surface area contributed by atoms with Gasteiger partial charge in [0.1, 0.15) is 24.2 Å². The summed E-state index contributed by atoms with van der Waals surface area (Å²) in [5.41, 5.74) is 11.5. The zero-order chi connectivity index (χ0) is 43.2. The first-order chi connectivity index (χ1) is 29.7. The molecule has 5 amide bonds. The lowest BCUT2D eigenvalue weighted by Crippen LogP contribution is -2.59. The third kappa shape index (κ3) is 15.4. The molecule has 0 aliphatic carbocycles. The van der Waals surface area contributed by atoms with Crippen LogP contribution in [0.1, 0.15) is 35.1 Å². The van der Waals surface area contributed by atoms with Gasteiger partial charge in [-0.1, -0.05) is 146 Å². The molecule has 3 unspecified atom stereocenters. The Morgan fingerprint density at radius 1 is 0.508 bits per heavy atom. The van der Waals surface area contributed by atoms with Crippen molar-refractivity contribution in [3.8, 4) is 11.1 Å². The van der Waals surface area contributed by atoms with Crippen LogP contribution < -0.4 is 32.3 Å². The summed E-state index contributed by atoms with van der Waals surface area (Å²) < 4.78 is 0. The van der Waals surface area contributed by atoms with Gasteiger partial charge in [-0.2, -0.15) is 11.8 Å². The Morgan fingerprint density at radius 2 is 0.967 bits per heavy atom. The van der Waals surface area contributed by atoms with Gasteiger partial charge < -0.3 is 32.3 Å². The van der Waals surface area contributed by atoms with E-state index in [9.17, 15) is 24.0 Å². The summed E-state index contributed by atoms with van der Waals surface area (Å²) in [6.07, 6.45) is 3.47. The second-order valence-electron chi connectivity index (χ2n) is 14.8. The van der Waals surface area contributed by atoms with Crippen LogP contribution in [0.25, 0.3) is 11.1 Å². The van der Waals surface area contributed by atoms with E-state index in [0.29, 0.717) is 19.4 Å². The zero-order valence-corrected chi connectivity index (χ0v) is 35.4. The molecule has 5 rings (SSSR count). The second kappa shape index (κ2) is 24.7. The maximum Gasteiger partial charge on any atom is 0.244 e. The third-order valence-corrected chi connectivity index (χ3v) is 10.8. The van der Waals surface area contributed by atoms with Gasteiger partial charge in [-0.25, -0.2) is 0 Å². The lowest BCUT2D eigenvalue weighted by Gasteiger charge is -2.27. The predicted molar refractivity (Wildman–Crippen MR) is 243 cm³/mol. The fourth-order valence-electron chi connectivity index (χ4n) is 6.85. The van der Waals surface area contributed by atoms with Crippen molar-refractivity contribution in [1.29, 1.82) is 0 Å². The van der Waals surface area contributed by atoms with E-state index in [1.165, 1.54) is 11.8 Å². The largest absolute Gasteiger partial charge is 0.354 e. The molecule has 0 saturated carbocycles. The van der Waals surface area contributed by atoms with E-state index in [1.807, 2.05) is 152 Å². The molecule has 0 saturated heterocycles. The monoisotopic (exact) mass is 840 g/mol. The van der Waals surface area contributed by atoms with E-state index in [2.05, 4.69) is 26.6 Å². The first-order valence-electron chi connectivity index (χ1n) is 20.7. The van der Waals surface area contributed by atoms with Crippen molar-refractivity contribution in [2.45, 2.75) is 62.7 Å². The highest BCUT2D eigenvalue weighted by molar-refractivity contribution is 7.98. The molecule has 4 atom stereocenters. The van der Waals surface area contributed by atoms with Crippen molar-refractivity contribution >= 4 is 41.3 Å². The van der Waals surface area contributed by atoms with Crippen LogP contribution in [0.2, 0.25) is 0 Å². The lowest BCUT2D eigenvalue weighted by atomic mass is 10.0. The zero-order valence-electron chi connectivity index (χ0n) is 34.6. The Kier molecular flexibility index (Phi) is 18.6. The van der Waals surface area contributed by atoms with Gasteiger partial charge >= 0.3 is 0 Å². The van der Waals surface area contributed by atoms with Crippen molar-refractivity contribution in [2.24, 2.45) is 5.73 Å². The summed E-state index contributed by atoms with van der Waals surface area (Å²) in [5, 5.41) is 14.5. The number of carbonyl (C=O) groups is 5. The van der Waals surface area contributed by atoms with Crippen molar-refractivity contribution in [1.82, 2.24) is 26.6 Å². The minimum Gasteiger partial charge on any atom is -0.354 e. The molecular formula is C49H56N6O5S. The van der Waals surface area contributed by atoms with Gasteiger partial charge in [0, 0.05) is 25.1 Å². The number of nitrogens with two attached hydrogens (primary N) is 1. The van der Waals surface area contributed by atoms with Gasteiger partial charge in [-0.05, 0) is 65.4 Å². The number of thioether (sulfide) groups is 1. The van der Waals surface area contributed by atoms with E-state index in [0.717, 1.165) is 33.4 Å². The fourth-order valence-corrected chi connectivity index (χ4v) is 7.42. The van der Waals surface area contributed by atoms with Crippen LogP contribution in [-0.2, 0) is 49.7 Å². The third-order valence-electron chi connectivity index (χ3n) is 10.1. The summed E-state index contributed by atoms with van der Waals surface area (Å²) in [6.45, 7) is 0.638. The van der Waals surface area contributed by atoms with Crippen LogP contribution in [0.15, 0.2) is 146 Å². The topological polar surface area (TPSA) is 172 Å². The van der Waals surface area contributed by atoms with Crippen molar-refractivity contribution in [2.75, 3.05) is 25.1 Å². The molecule has 0 bridgehead atoms. The second-order valence-corrected chi connectivity index (χ2v) is 15.7. The molecule has 12 heteroatoms. The van der Waals surface area contributed by atoms with Crippen LogP contribution in [0.3, 0.4) is 0 Å². The average molecular weight is 841 g/mol. The highest BCUT2D eigenvalue weighted by Gasteiger charge is 2.31. The van der Waals surface area contributed by atoms with E-state index < -0.39 is 41.9 Å². The number of carbonyl (C=O) groups excluding carboxylic acids is 5. The van der Waals surface area contributed by atoms with Gasteiger partial charge in [0.25, 0.3) is 0 Å². The van der Waals surface area contributed by atoms with Crippen LogP contribution in [0.5, 0.6) is 0 Å². The number of benzene rings is 5. The van der Waals surface area contributed by atoms with Crippen LogP contribution in [0.4, 0.5) is 0 Å². The first-order valence-corrected chi connectivity index (χ1v) is 22.0. The molecular weight excluding hydrogens is 785 g/mol. The number of hydrogen-bond donors (Lipinski definition) is 6. The average Bonchev–Trinajstić information content (AvgIpc) is 3.28. The van der Waals surface area contributed by atoms with E-state index >= 15 is 0 Å². The lowest BCUT2D eigenvalue weighted by molar-refractivity contribution is -0.134. The van der Waals surface area contributed by atoms with Gasteiger partial charge in [-0.3, -0.25) is 24.0 Å². The number of rotatable bonds is 23. The molecule has 0 aliphatic heterocycles. The molecule has 0 aromatic heterocycles. The Labute approximate surface area is 363 Å². The maximum absolute atomic E-state index is 14.2. The van der Waals surface area contributed by atoms with Gasteiger partial charge in [-0.15, -0.1) is 0 Å². The van der Waals surface area contributed by atoms with Crippen LogP contribution in [0, 0.1) is 0 Å². The standard InChI is InChI=1S/C49H56N6O5S/c1-61-34-44(52-45(56)33-38-24-26-40(27-25-38)39-21-12-5-13-22-39)49(60)53-41(23-14-29-50)47(58)55-43(32-37-19-10-4-11-20-37)48(59)54-42(31-36-17-8-3-9-18-36)46(57)51-30-28-35-15-6-2-7-16-35/h2-13,15-22,24-27,41-44H,14,23,28-34,50H2,1H3,(H,51,57)(H,52,56)(H,53,60)(H,54,59)(H,55,58)/t41-,42?,43?,44?/m1/s1. The minimum atomic E-state index is -1.10. The van der Waals surface area contributed by atoms with Gasteiger partial charge in [0.05, 0.1) is 6.42 Å². The Balaban J connectivity index is 1.27. The molecule has 61 heavy (non-hydrogen) atoms. The van der Waals surface area contributed by atoms with Crippen LogP contribution in [-0.4, -0.2) is 78.8 Å². The number of amides is 5. The molecule has 11 nitrogen and oxygen atoms in total. The Bertz CT molecular complexity index is 2130. The summed E-state index contributed by atoms with van der Waals surface area (Å²) in [6, 6.07) is 42.1. The molecule has 0 heterocycles. The summed E-state index contributed by atoms with van der Waals surface area (Å²) in [4.78, 5) is 69.1. The SMILES string of the molecule is CSCC(NC(=O)Cc1ccc(-c2ccccc2)cc1)C(=O)N[C@H](CCCN)C(=O)NC(Cc1ccccc1)C(=O)NC(Cc1ccccc1)C(=O)NCCc1ccccc1. The predicted octanol–water partition coefficient (Wildman–Crippen LogP) is 4.78. The van der Waals surface area contributed by atoms with Crippen LogP contribution >= 0.6 is 11.8 Å². The van der Waals surface area contributed by atoms with Gasteiger partial charge in [0.15, 0.2) is 0 Å². The fraction of sp³-hybridized carbons (Fsp3) is 0.286. The summed E-state index contributed by atoms with van der Waals surface area (Å²) in [7, 11) is 0. The van der Waals surface area contributed by atoms with Crippen molar-refractivity contribution in [3.63, 3.8) is 0 Å². The molecule has 7 N–H and O–H groups in total. The van der Waals surface area contributed by atoms with E-state index in [4.69, 9.17) is 5.73 Å². The smallest absolute Gasteiger partial charge is 0.244 e.